The van der Waals surface area contributed by atoms with Crippen LogP contribution in [0.3, 0.4) is 0 Å². The molecular formula is C7H12O4S. The first-order valence-corrected chi connectivity index (χ1v) is 5.46. The molecule has 0 heterocycles. The molecule has 0 saturated heterocycles. The van der Waals surface area contributed by atoms with E-state index in [2.05, 4.69) is 4.74 Å². The summed E-state index contributed by atoms with van der Waals surface area (Å²) in [6.45, 7) is 2.17. The first kappa shape index (κ1) is 11.2. The van der Waals surface area contributed by atoms with E-state index >= 15 is 0 Å². The molecule has 0 bridgehead atoms. The normalized spacial score (nSPS) is 11.8. The minimum Gasteiger partial charge on any atom is -0.463 e. The molecule has 5 heteroatoms. The Morgan fingerprint density at radius 1 is 1.50 bits per heavy atom. The van der Waals surface area contributed by atoms with E-state index in [0.717, 1.165) is 24.2 Å². The molecule has 0 aromatic heterocycles. The average Bonchev–Trinajstić information content (AvgIpc) is 1.95. The maximum atomic E-state index is 10.7. The zero-order valence-electron chi connectivity index (χ0n) is 7.11. The van der Waals surface area contributed by atoms with Crippen LogP contribution in [0.15, 0.2) is 11.5 Å². The average molecular weight is 192 g/mol. The van der Waals surface area contributed by atoms with Crippen molar-refractivity contribution in [3.8, 4) is 0 Å². The van der Waals surface area contributed by atoms with Crippen LogP contribution in [0.2, 0.25) is 0 Å². The molecule has 0 atom stereocenters. The Hall–Kier alpha value is -0.840. The van der Waals surface area contributed by atoms with Crippen molar-refractivity contribution in [2.45, 2.75) is 13.3 Å². The molecule has 0 aliphatic carbocycles. The van der Waals surface area contributed by atoms with Gasteiger partial charge in [0.2, 0.25) is 0 Å². The molecule has 0 spiro atoms. The van der Waals surface area contributed by atoms with Crippen LogP contribution in [0.5, 0.6) is 0 Å². The number of sulfone groups is 1. The van der Waals surface area contributed by atoms with Crippen molar-refractivity contribution in [3.05, 3.63) is 11.5 Å². The second kappa shape index (κ2) is 4.92. The van der Waals surface area contributed by atoms with Gasteiger partial charge in [0.15, 0.2) is 9.84 Å². The lowest BCUT2D eigenvalue weighted by Gasteiger charge is -1.96. The topological polar surface area (TPSA) is 60.4 Å². The molecule has 0 N–H and O–H groups in total. The number of hydrogen-bond donors (Lipinski definition) is 0. The van der Waals surface area contributed by atoms with Gasteiger partial charge in [-0.15, -0.1) is 0 Å². The first-order valence-electron chi connectivity index (χ1n) is 3.50. The molecule has 0 aliphatic heterocycles. The molecule has 0 rings (SSSR count). The second-order valence-electron chi connectivity index (χ2n) is 2.30. The summed E-state index contributed by atoms with van der Waals surface area (Å²) in [5, 5.41) is 0.824. The van der Waals surface area contributed by atoms with Crippen LogP contribution < -0.4 is 0 Å². The summed E-state index contributed by atoms with van der Waals surface area (Å²) in [6.07, 6.45) is 2.64. The molecule has 70 valence electrons. The van der Waals surface area contributed by atoms with Gasteiger partial charge in [0.05, 0.1) is 6.61 Å². The van der Waals surface area contributed by atoms with Gasteiger partial charge >= 0.3 is 5.97 Å². The van der Waals surface area contributed by atoms with E-state index in [1.807, 2.05) is 6.92 Å². The van der Waals surface area contributed by atoms with E-state index in [4.69, 9.17) is 0 Å². The predicted octanol–water partition coefficient (Wildman–Crippen LogP) is 0.498. The third kappa shape index (κ3) is 7.27. The predicted molar refractivity (Wildman–Crippen MR) is 45.2 cm³/mol. The minimum atomic E-state index is -3.23. The van der Waals surface area contributed by atoms with Crippen LogP contribution in [-0.4, -0.2) is 27.2 Å². The lowest BCUT2D eigenvalue weighted by molar-refractivity contribution is -0.137. The van der Waals surface area contributed by atoms with E-state index < -0.39 is 15.8 Å². The Morgan fingerprint density at radius 2 is 2.08 bits per heavy atom. The Bertz CT molecular complexity index is 263. The van der Waals surface area contributed by atoms with Crippen LogP contribution in [0, 0.1) is 0 Å². The molecule has 0 fully saturated rings. The number of ether oxygens (including phenoxy) is 1. The molecule has 0 aromatic rings. The van der Waals surface area contributed by atoms with E-state index in [0.29, 0.717) is 6.61 Å². The van der Waals surface area contributed by atoms with Gasteiger partial charge in [-0.25, -0.2) is 13.2 Å². The van der Waals surface area contributed by atoms with Crippen LogP contribution in [0.1, 0.15) is 13.3 Å². The van der Waals surface area contributed by atoms with Crippen molar-refractivity contribution in [2.24, 2.45) is 0 Å². The third-order valence-electron chi connectivity index (χ3n) is 0.900. The summed E-state index contributed by atoms with van der Waals surface area (Å²) < 4.78 is 25.6. The minimum absolute atomic E-state index is 0.312. The Balaban J connectivity index is 3.93. The molecule has 0 unspecified atom stereocenters. The highest BCUT2D eigenvalue weighted by molar-refractivity contribution is 7.93. The van der Waals surface area contributed by atoms with E-state index in [9.17, 15) is 13.2 Å². The molecule has 12 heavy (non-hydrogen) atoms. The molecular weight excluding hydrogens is 180 g/mol. The van der Waals surface area contributed by atoms with Gasteiger partial charge in [-0.3, -0.25) is 0 Å². The zero-order chi connectivity index (χ0) is 9.61. The third-order valence-corrected chi connectivity index (χ3v) is 1.53. The summed E-state index contributed by atoms with van der Waals surface area (Å²) in [6, 6.07) is 0. The van der Waals surface area contributed by atoms with Gasteiger partial charge in [0, 0.05) is 17.7 Å². The summed E-state index contributed by atoms with van der Waals surface area (Å²) in [5.41, 5.74) is 0. The van der Waals surface area contributed by atoms with Crippen LogP contribution in [0.4, 0.5) is 0 Å². The summed E-state index contributed by atoms with van der Waals surface area (Å²) in [7, 11) is -3.23. The van der Waals surface area contributed by atoms with Gasteiger partial charge in [-0.05, 0) is 6.42 Å². The molecule has 0 aliphatic rings. The van der Waals surface area contributed by atoms with Crippen molar-refractivity contribution in [1.82, 2.24) is 0 Å². The van der Waals surface area contributed by atoms with Gasteiger partial charge < -0.3 is 4.74 Å². The fourth-order valence-electron chi connectivity index (χ4n) is 0.430. The lowest BCUT2D eigenvalue weighted by Crippen LogP contribution is -2.02. The maximum Gasteiger partial charge on any atom is 0.331 e. The fourth-order valence-corrected chi connectivity index (χ4v) is 0.788. The Kier molecular flexibility index (Phi) is 4.58. The number of hydrogen-bond acceptors (Lipinski definition) is 4. The highest BCUT2D eigenvalue weighted by Crippen LogP contribution is 1.89. The molecule has 0 amide bonds. The Morgan fingerprint density at radius 3 is 2.50 bits per heavy atom. The van der Waals surface area contributed by atoms with Crippen molar-refractivity contribution >= 4 is 15.8 Å². The molecule has 0 saturated carbocycles. The smallest absolute Gasteiger partial charge is 0.331 e. The number of carbonyl (C=O) groups excluding carboxylic acids is 1. The number of carbonyl (C=O) groups is 1. The quantitative estimate of drug-likeness (QED) is 0.480. The highest BCUT2D eigenvalue weighted by atomic mass is 32.2. The second-order valence-corrected chi connectivity index (χ2v) is 4.23. The van der Waals surface area contributed by atoms with Crippen molar-refractivity contribution < 1.29 is 17.9 Å². The van der Waals surface area contributed by atoms with Gasteiger partial charge in [0.25, 0.3) is 0 Å². The molecule has 0 radical (unpaired) electrons. The summed E-state index contributed by atoms with van der Waals surface area (Å²) >= 11 is 0. The SMILES string of the molecule is CCCOC(=O)C=CS(C)(=O)=O. The van der Waals surface area contributed by atoms with Crippen molar-refractivity contribution in [3.63, 3.8) is 0 Å². The van der Waals surface area contributed by atoms with E-state index in [-0.39, 0.29) is 0 Å². The summed E-state index contributed by atoms with van der Waals surface area (Å²) in [5.74, 6) is -0.623. The lowest BCUT2D eigenvalue weighted by atomic mass is 10.5. The van der Waals surface area contributed by atoms with Crippen molar-refractivity contribution in [2.75, 3.05) is 12.9 Å². The van der Waals surface area contributed by atoms with Gasteiger partial charge in [0.1, 0.15) is 0 Å². The highest BCUT2D eigenvalue weighted by Gasteiger charge is 1.98. The number of rotatable bonds is 4. The first-order chi connectivity index (χ1) is 5.45. The van der Waals surface area contributed by atoms with Crippen molar-refractivity contribution in [1.29, 1.82) is 0 Å². The summed E-state index contributed by atoms with van der Waals surface area (Å²) in [4.78, 5) is 10.7. The molecule has 4 nitrogen and oxygen atoms in total. The van der Waals surface area contributed by atoms with Gasteiger partial charge in [-0.2, -0.15) is 0 Å². The van der Waals surface area contributed by atoms with Crippen LogP contribution >= 0.6 is 0 Å². The fraction of sp³-hybridized carbons (Fsp3) is 0.571. The van der Waals surface area contributed by atoms with Crippen LogP contribution in [0.25, 0.3) is 0 Å². The molecule has 0 aromatic carbocycles. The van der Waals surface area contributed by atoms with E-state index in [1.165, 1.54) is 0 Å². The monoisotopic (exact) mass is 192 g/mol. The van der Waals surface area contributed by atoms with Crippen LogP contribution in [-0.2, 0) is 19.4 Å². The number of esters is 1. The zero-order valence-corrected chi connectivity index (χ0v) is 7.93. The standard InChI is InChI=1S/C7H12O4S/c1-3-5-11-7(8)4-6-12(2,9)10/h4,6H,3,5H2,1-2H3. The van der Waals surface area contributed by atoms with E-state index in [1.54, 1.807) is 0 Å². The Labute approximate surface area is 72.1 Å². The van der Waals surface area contributed by atoms with Gasteiger partial charge in [-0.1, -0.05) is 6.92 Å². The largest absolute Gasteiger partial charge is 0.463 e. The maximum absolute atomic E-state index is 10.7.